The van der Waals surface area contributed by atoms with E-state index < -0.39 is 18.3 Å². The van der Waals surface area contributed by atoms with Crippen molar-refractivity contribution in [2.24, 2.45) is 0 Å². The number of β-amino-alcohol motifs (C(OH)–C–C–N with tert-alkyl or cyclic N) is 2. The minimum Gasteiger partial charge on any atom is -0.399 e. The fourth-order valence-corrected chi connectivity index (χ4v) is 5.99. The van der Waals surface area contributed by atoms with Gasteiger partial charge in [0.25, 0.3) is 0 Å². The number of nitriles is 2. The van der Waals surface area contributed by atoms with Crippen LogP contribution in [0.2, 0.25) is 0 Å². The first kappa shape index (κ1) is 34.2. The Hall–Kier alpha value is -2.68. The molecule has 10 nitrogen and oxygen atoms in total. The van der Waals surface area contributed by atoms with Crippen molar-refractivity contribution in [3.05, 3.63) is 52.0 Å². The maximum Gasteiger partial charge on any atom is 0.494 e. The van der Waals surface area contributed by atoms with E-state index in [0.717, 1.165) is 80.2 Å². The molecule has 0 saturated carbocycles. The van der Waals surface area contributed by atoms with Crippen LogP contribution in [0.4, 0.5) is 11.4 Å². The Morgan fingerprint density at radius 3 is 1.59 bits per heavy atom. The average Bonchev–Trinajstić information content (AvgIpc) is 3.24. The highest BCUT2D eigenvalue weighted by molar-refractivity contribution is 9.10. The highest BCUT2D eigenvalue weighted by Gasteiger charge is 2.51. The molecule has 2 aromatic carbocycles. The quantitative estimate of drug-likeness (QED) is 0.427. The third-order valence-electron chi connectivity index (χ3n) is 9.00. The number of hydrogen-bond acceptors (Lipinski definition) is 10. The molecule has 236 valence electrons. The summed E-state index contributed by atoms with van der Waals surface area (Å²) in [5, 5.41) is 36.8. The number of rotatable bonds is 7. The van der Waals surface area contributed by atoms with Gasteiger partial charge in [0.05, 0.1) is 46.9 Å². The van der Waals surface area contributed by atoms with Gasteiger partial charge in [-0.2, -0.15) is 10.5 Å². The predicted octanol–water partition coefficient (Wildman–Crippen LogP) is 2.41. The van der Waals surface area contributed by atoms with Crippen molar-refractivity contribution in [2.75, 3.05) is 88.5 Å². The largest absolute Gasteiger partial charge is 0.494 e. The first-order valence-corrected chi connectivity index (χ1v) is 16.1. The predicted molar refractivity (Wildman–Crippen MR) is 177 cm³/mol. The minimum absolute atomic E-state index is 0.187. The molecule has 0 bridgehead atoms. The Kier molecular flexibility index (Phi) is 11.7. The van der Waals surface area contributed by atoms with Crippen molar-refractivity contribution in [1.82, 2.24) is 9.80 Å². The summed E-state index contributed by atoms with van der Waals surface area (Å²) in [5.41, 5.74) is 3.40. The number of nitrogens with zero attached hydrogens (tertiary/aromatic N) is 6. The lowest BCUT2D eigenvalue weighted by Gasteiger charge is -2.36. The summed E-state index contributed by atoms with van der Waals surface area (Å²) in [4.78, 5) is 8.95. The van der Waals surface area contributed by atoms with Gasteiger partial charge in [0.1, 0.15) is 12.1 Å². The van der Waals surface area contributed by atoms with Gasteiger partial charge in [0.15, 0.2) is 0 Å². The van der Waals surface area contributed by atoms with Crippen LogP contribution in [-0.4, -0.2) is 117 Å². The zero-order chi connectivity index (χ0) is 31.9. The summed E-state index contributed by atoms with van der Waals surface area (Å²) in [6.07, 6.45) is 0. The number of benzene rings is 2. The van der Waals surface area contributed by atoms with Crippen LogP contribution in [0.15, 0.2) is 40.9 Å². The van der Waals surface area contributed by atoms with E-state index in [4.69, 9.17) is 24.8 Å². The second kappa shape index (κ2) is 15.1. The summed E-state index contributed by atoms with van der Waals surface area (Å²) >= 11 is 3.39. The van der Waals surface area contributed by atoms with Gasteiger partial charge in [0, 0.05) is 69.9 Å². The van der Waals surface area contributed by atoms with Crippen LogP contribution in [0.25, 0.3) is 0 Å². The molecule has 3 aliphatic rings. The van der Waals surface area contributed by atoms with Crippen molar-refractivity contribution in [3.8, 4) is 12.1 Å². The molecule has 0 amide bonds. The Morgan fingerprint density at radius 2 is 1.16 bits per heavy atom. The van der Waals surface area contributed by atoms with Crippen molar-refractivity contribution < 1.29 is 19.5 Å². The minimum atomic E-state index is -0.456. The third-order valence-corrected chi connectivity index (χ3v) is 9.50. The Labute approximate surface area is 270 Å². The Balaban J connectivity index is 0.000000215. The zero-order valence-corrected chi connectivity index (χ0v) is 27.9. The number of hydrogen-bond donors (Lipinski definition) is 2. The highest BCUT2D eigenvalue weighted by Crippen LogP contribution is 2.36. The second-order valence-corrected chi connectivity index (χ2v) is 13.3. The molecule has 3 saturated heterocycles. The molecule has 0 radical (unpaired) electrons. The zero-order valence-electron chi connectivity index (χ0n) is 26.3. The van der Waals surface area contributed by atoms with Crippen LogP contribution in [0.5, 0.6) is 0 Å². The maximum absolute atomic E-state index is 9.66. The highest BCUT2D eigenvalue weighted by atomic mass is 79.9. The third kappa shape index (κ3) is 8.12. The van der Waals surface area contributed by atoms with Gasteiger partial charge in [-0.15, -0.1) is 0 Å². The molecule has 0 atom stereocenters. The topological polar surface area (TPSA) is 119 Å². The van der Waals surface area contributed by atoms with Crippen LogP contribution in [0.3, 0.4) is 0 Å². The molecular formula is C32H44BBrN6O4. The van der Waals surface area contributed by atoms with Gasteiger partial charge in [-0.1, -0.05) is 22.0 Å². The van der Waals surface area contributed by atoms with E-state index in [2.05, 4.69) is 47.7 Å². The molecule has 0 aliphatic carbocycles. The fraction of sp³-hybridized carbons (Fsp3) is 0.562. The van der Waals surface area contributed by atoms with E-state index in [9.17, 15) is 5.26 Å². The normalized spacial score (nSPS) is 20.1. The van der Waals surface area contributed by atoms with Crippen LogP contribution >= 0.6 is 15.9 Å². The molecular weight excluding hydrogens is 623 g/mol. The molecule has 12 heteroatoms. The van der Waals surface area contributed by atoms with Crippen LogP contribution in [-0.2, 0) is 9.31 Å². The average molecular weight is 667 g/mol. The molecule has 3 aliphatic heterocycles. The smallest absolute Gasteiger partial charge is 0.399 e. The SMILES string of the molecule is CC1(C)OB(c2ccc(N3CCN(CCO)CC3)c(C#N)c2)OC1(C)C.N#Cc1cc(Br)ccc1N1CCN(CCO)CC1. The molecule has 2 N–H and O–H groups in total. The number of anilines is 2. The number of aliphatic hydroxyl groups excluding tert-OH is 2. The first-order valence-electron chi connectivity index (χ1n) is 15.3. The molecule has 44 heavy (non-hydrogen) atoms. The molecule has 0 unspecified atom stereocenters. The lowest BCUT2D eigenvalue weighted by molar-refractivity contribution is 0.00578. The van der Waals surface area contributed by atoms with E-state index >= 15 is 0 Å². The van der Waals surface area contributed by atoms with Gasteiger partial charge in [-0.25, -0.2) is 0 Å². The summed E-state index contributed by atoms with van der Waals surface area (Å²) in [5.74, 6) is 0. The number of aliphatic hydroxyl groups is 2. The fourth-order valence-electron chi connectivity index (χ4n) is 5.63. The van der Waals surface area contributed by atoms with Crippen molar-refractivity contribution in [3.63, 3.8) is 0 Å². The van der Waals surface area contributed by atoms with Crippen molar-refractivity contribution in [2.45, 2.75) is 38.9 Å². The van der Waals surface area contributed by atoms with Crippen LogP contribution in [0, 0.1) is 22.7 Å². The van der Waals surface area contributed by atoms with Gasteiger partial charge in [-0.05, 0) is 63.5 Å². The van der Waals surface area contributed by atoms with Crippen molar-refractivity contribution >= 4 is 39.9 Å². The van der Waals surface area contributed by atoms with E-state index in [0.29, 0.717) is 17.7 Å². The van der Waals surface area contributed by atoms with E-state index in [1.165, 1.54) is 0 Å². The summed E-state index contributed by atoms with van der Waals surface area (Å²) < 4.78 is 13.1. The number of halogens is 1. The maximum atomic E-state index is 9.66. The lowest BCUT2D eigenvalue weighted by atomic mass is 9.78. The Morgan fingerprint density at radius 1 is 0.727 bits per heavy atom. The van der Waals surface area contributed by atoms with Crippen LogP contribution < -0.4 is 15.3 Å². The second-order valence-electron chi connectivity index (χ2n) is 12.4. The lowest BCUT2D eigenvalue weighted by Crippen LogP contribution is -2.47. The summed E-state index contributed by atoms with van der Waals surface area (Å²) in [7, 11) is -0.456. The van der Waals surface area contributed by atoms with E-state index in [-0.39, 0.29) is 13.2 Å². The molecule has 5 rings (SSSR count). The molecule has 0 aromatic heterocycles. The van der Waals surface area contributed by atoms with Gasteiger partial charge >= 0.3 is 7.12 Å². The molecule has 3 heterocycles. The number of piperazine rings is 2. The standard InChI is InChI=1S/C19H28BN3O3.C13H16BrN3O/c1-18(2)19(3,4)26-20(25-18)16-5-6-17(15(13-16)14-21)23-9-7-22(8-10-23)11-12-24;14-12-1-2-13(11(9-12)10-15)17-5-3-16(4-6-17)7-8-18/h5-6,13,24H,7-12H2,1-4H3;1-2,9,18H,3-8H2. The van der Waals surface area contributed by atoms with Crippen molar-refractivity contribution in [1.29, 1.82) is 10.5 Å². The molecule has 3 fully saturated rings. The van der Waals surface area contributed by atoms with Gasteiger partial charge in [0.2, 0.25) is 0 Å². The van der Waals surface area contributed by atoms with Gasteiger partial charge in [-0.3, -0.25) is 9.80 Å². The van der Waals surface area contributed by atoms with Crippen LogP contribution in [0.1, 0.15) is 38.8 Å². The first-order chi connectivity index (χ1) is 21.0. The summed E-state index contributed by atoms with van der Waals surface area (Å²) in [6.45, 7) is 17.1. The monoisotopic (exact) mass is 666 g/mol. The van der Waals surface area contributed by atoms with E-state index in [1.54, 1.807) is 0 Å². The Bertz CT molecular complexity index is 1330. The molecule has 2 aromatic rings. The molecule has 0 spiro atoms. The summed E-state index contributed by atoms with van der Waals surface area (Å²) in [6, 6.07) is 16.3. The van der Waals surface area contributed by atoms with E-state index in [1.807, 2.05) is 64.1 Å². The van der Waals surface area contributed by atoms with Gasteiger partial charge < -0.3 is 29.3 Å².